The van der Waals surface area contributed by atoms with Gasteiger partial charge in [0.2, 0.25) is 11.8 Å². The number of ether oxygens (including phenoxy) is 1. The molecule has 2 amide bonds. The molecule has 0 aliphatic carbocycles. The van der Waals surface area contributed by atoms with Crippen LogP contribution in [0.2, 0.25) is 0 Å². The summed E-state index contributed by atoms with van der Waals surface area (Å²) in [5, 5.41) is 6.19. The molecule has 2 aromatic rings. The second-order valence-corrected chi connectivity index (χ2v) is 6.62. The number of halogens is 3. The van der Waals surface area contributed by atoms with Crippen LogP contribution in [-0.2, 0) is 15.8 Å². The van der Waals surface area contributed by atoms with Crippen molar-refractivity contribution in [1.29, 1.82) is 0 Å². The van der Waals surface area contributed by atoms with Gasteiger partial charge in [-0.05, 0) is 44.2 Å². The molecule has 2 aromatic carbocycles. The number of hydrogen-bond donors (Lipinski definition) is 2. The Labute approximate surface area is 172 Å². The van der Waals surface area contributed by atoms with Crippen LogP contribution in [0.4, 0.5) is 18.9 Å². The van der Waals surface area contributed by atoms with E-state index in [1.165, 1.54) is 18.3 Å². The third-order valence-corrected chi connectivity index (χ3v) is 3.73. The molecule has 160 valence electrons. The number of carbonyl (C=O) groups is 2. The Morgan fingerprint density at radius 1 is 1.07 bits per heavy atom. The highest BCUT2D eigenvalue weighted by atomic mass is 19.4. The lowest BCUT2D eigenvalue weighted by molar-refractivity contribution is -0.137. The summed E-state index contributed by atoms with van der Waals surface area (Å²) in [5.74, 6) is -0.470. The smallest absolute Gasteiger partial charge is 0.416 e. The molecule has 0 saturated carbocycles. The summed E-state index contributed by atoms with van der Waals surface area (Å²) >= 11 is 0. The molecule has 0 aromatic heterocycles. The van der Waals surface area contributed by atoms with Gasteiger partial charge in [-0.2, -0.15) is 18.3 Å². The number of hydrogen-bond acceptors (Lipinski definition) is 4. The van der Waals surface area contributed by atoms with Crippen LogP contribution in [0.5, 0.6) is 5.75 Å². The van der Waals surface area contributed by atoms with Crippen LogP contribution in [0.25, 0.3) is 0 Å². The molecular weight excluding hydrogens is 399 g/mol. The minimum absolute atomic E-state index is 0.00927. The number of carbonyl (C=O) groups excluding carboxylic acids is 2. The summed E-state index contributed by atoms with van der Waals surface area (Å²) in [5.41, 5.74) is 2.12. The maximum absolute atomic E-state index is 12.7. The van der Waals surface area contributed by atoms with Crippen molar-refractivity contribution in [2.45, 2.75) is 39.0 Å². The molecule has 2 rings (SSSR count). The fourth-order valence-corrected chi connectivity index (χ4v) is 2.40. The summed E-state index contributed by atoms with van der Waals surface area (Å²) in [6.45, 7) is 3.78. The summed E-state index contributed by atoms with van der Waals surface area (Å²) in [4.78, 5) is 23.7. The first-order chi connectivity index (χ1) is 14.1. The number of nitrogens with zero attached hydrogens (tertiary/aromatic N) is 1. The Morgan fingerprint density at radius 3 is 2.47 bits per heavy atom. The van der Waals surface area contributed by atoms with E-state index in [4.69, 9.17) is 4.74 Å². The van der Waals surface area contributed by atoms with Crippen molar-refractivity contribution in [2.75, 3.05) is 5.32 Å². The molecule has 0 heterocycles. The fraction of sp³-hybridized carbons (Fsp3) is 0.286. The molecule has 0 aliphatic heterocycles. The van der Waals surface area contributed by atoms with Gasteiger partial charge in [0.15, 0.2) is 0 Å². The van der Waals surface area contributed by atoms with Gasteiger partial charge in [-0.1, -0.05) is 18.2 Å². The number of benzene rings is 2. The molecule has 0 bridgehead atoms. The Kier molecular flexibility index (Phi) is 7.97. The number of para-hydroxylation sites is 1. The SMILES string of the molecule is CC(C)Oc1ccccc1C=NNC(=O)CCC(=O)Nc1cccc(C(F)(F)F)c1. The van der Waals surface area contributed by atoms with Gasteiger partial charge >= 0.3 is 6.18 Å². The predicted molar refractivity (Wildman–Crippen MR) is 107 cm³/mol. The lowest BCUT2D eigenvalue weighted by atomic mass is 10.2. The van der Waals surface area contributed by atoms with Crippen LogP contribution in [0.15, 0.2) is 53.6 Å². The van der Waals surface area contributed by atoms with Crippen molar-refractivity contribution in [3.8, 4) is 5.75 Å². The van der Waals surface area contributed by atoms with E-state index in [2.05, 4.69) is 15.8 Å². The minimum atomic E-state index is -4.50. The third-order valence-electron chi connectivity index (χ3n) is 3.73. The van der Waals surface area contributed by atoms with Crippen LogP contribution in [0, 0.1) is 0 Å². The molecule has 2 N–H and O–H groups in total. The molecule has 0 atom stereocenters. The van der Waals surface area contributed by atoms with E-state index < -0.39 is 23.6 Å². The van der Waals surface area contributed by atoms with Gasteiger partial charge < -0.3 is 10.1 Å². The van der Waals surface area contributed by atoms with Crippen LogP contribution < -0.4 is 15.5 Å². The van der Waals surface area contributed by atoms with E-state index in [-0.39, 0.29) is 24.6 Å². The second-order valence-electron chi connectivity index (χ2n) is 6.62. The molecule has 0 saturated heterocycles. The maximum Gasteiger partial charge on any atom is 0.416 e. The molecule has 30 heavy (non-hydrogen) atoms. The zero-order valence-corrected chi connectivity index (χ0v) is 16.5. The standard InChI is InChI=1S/C21H22F3N3O3/c1-14(2)30-18-9-4-3-6-15(18)13-25-27-20(29)11-10-19(28)26-17-8-5-7-16(12-17)21(22,23)24/h3-9,12-14H,10-11H2,1-2H3,(H,26,28)(H,27,29). The first-order valence-electron chi connectivity index (χ1n) is 9.20. The summed E-state index contributed by atoms with van der Waals surface area (Å²) < 4.78 is 43.7. The molecule has 0 radical (unpaired) electrons. The number of nitrogens with one attached hydrogen (secondary N) is 2. The van der Waals surface area contributed by atoms with Crippen LogP contribution in [-0.4, -0.2) is 24.1 Å². The van der Waals surface area contributed by atoms with Gasteiger partial charge in [-0.25, -0.2) is 5.43 Å². The number of alkyl halides is 3. The quantitative estimate of drug-likeness (QED) is 0.491. The second kappa shape index (κ2) is 10.4. The van der Waals surface area contributed by atoms with Crippen LogP contribution in [0.1, 0.15) is 37.8 Å². The maximum atomic E-state index is 12.7. The molecule has 0 aliphatic rings. The number of hydrazone groups is 1. The number of amides is 2. The van der Waals surface area contributed by atoms with E-state index in [9.17, 15) is 22.8 Å². The minimum Gasteiger partial charge on any atom is -0.490 e. The summed E-state index contributed by atoms with van der Waals surface area (Å²) in [6, 6.07) is 11.4. The van der Waals surface area contributed by atoms with Gasteiger partial charge in [0.05, 0.1) is 17.9 Å². The van der Waals surface area contributed by atoms with Gasteiger partial charge in [-0.3, -0.25) is 9.59 Å². The number of anilines is 1. The Morgan fingerprint density at radius 2 is 1.77 bits per heavy atom. The number of rotatable bonds is 8. The van der Waals surface area contributed by atoms with Gasteiger partial charge in [-0.15, -0.1) is 0 Å². The summed E-state index contributed by atoms with van der Waals surface area (Å²) in [6.07, 6.45) is -3.48. The Balaban J connectivity index is 1.83. The van der Waals surface area contributed by atoms with E-state index >= 15 is 0 Å². The third kappa shape index (κ3) is 7.57. The van der Waals surface area contributed by atoms with Gasteiger partial charge in [0.25, 0.3) is 0 Å². The lowest BCUT2D eigenvalue weighted by Gasteiger charge is -2.11. The lowest BCUT2D eigenvalue weighted by Crippen LogP contribution is -2.21. The van der Waals surface area contributed by atoms with Gasteiger partial charge in [0, 0.05) is 24.1 Å². The molecule has 6 nitrogen and oxygen atoms in total. The molecular formula is C21H22F3N3O3. The molecule has 0 spiro atoms. The van der Waals surface area contributed by atoms with Crippen molar-refractivity contribution in [3.05, 3.63) is 59.7 Å². The highest BCUT2D eigenvalue weighted by molar-refractivity contribution is 5.93. The van der Waals surface area contributed by atoms with Crippen LogP contribution >= 0.6 is 0 Å². The largest absolute Gasteiger partial charge is 0.490 e. The zero-order chi connectivity index (χ0) is 22.1. The van der Waals surface area contributed by atoms with E-state index in [0.29, 0.717) is 11.3 Å². The van der Waals surface area contributed by atoms with Crippen molar-refractivity contribution in [3.63, 3.8) is 0 Å². The predicted octanol–water partition coefficient (Wildman–Crippen LogP) is 4.36. The van der Waals surface area contributed by atoms with Crippen molar-refractivity contribution >= 4 is 23.7 Å². The van der Waals surface area contributed by atoms with Gasteiger partial charge in [0.1, 0.15) is 5.75 Å². The topological polar surface area (TPSA) is 79.8 Å². The monoisotopic (exact) mass is 421 g/mol. The highest BCUT2D eigenvalue weighted by Gasteiger charge is 2.30. The zero-order valence-electron chi connectivity index (χ0n) is 16.5. The molecule has 0 unspecified atom stereocenters. The normalized spacial score (nSPS) is 11.5. The molecule has 0 fully saturated rings. The highest BCUT2D eigenvalue weighted by Crippen LogP contribution is 2.30. The fourth-order valence-electron chi connectivity index (χ4n) is 2.40. The Bertz CT molecular complexity index is 912. The average molecular weight is 421 g/mol. The van der Waals surface area contributed by atoms with Crippen molar-refractivity contribution in [1.82, 2.24) is 5.43 Å². The first kappa shape index (κ1) is 22.9. The first-order valence-corrected chi connectivity index (χ1v) is 9.20. The van der Waals surface area contributed by atoms with E-state index in [1.807, 2.05) is 19.9 Å². The summed E-state index contributed by atoms with van der Waals surface area (Å²) in [7, 11) is 0. The molecule has 9 heteroatoms. The van der Waals surface area contributed by atoms with E-state index in [1.54, 1.807) is 18.2 Å². The van der Waals surface area contributed by atoms with Crippen molar-refractivity contribution in [2.24, 2.45) is 5.10 Å². The van der Waals surface area contributed by atoms with Crippen molar-refractivity contribution < 1.29 is 27.5 Å². The van der Waals surface area contributed by atoms with E-state index in [0.717, 1.165) is 12.1 Å². The Hall–Kier alpha value is -3.36. The average Bonchev–Trinajstić information content (AvgIpc) is 2.67. The van der Waals surface area contributed by atoms with Crippen LogP contribution in [0.3, 0.4) is 0 Å².